The van der Waals surface area contributed by atoms with E-state index in [1.807, 2.05) is 5.32 Å². The van der Waals surface area contributed by atoms with Crippen molar-refractivity contribution in [1.82, 2.24) is 0 Å². The maximum absolute atomic E-state index is 13.5. The van der Waals surface area contributed by atoms with Gasteiger partial charge in [0.15, 0.2) is 0 Å². The largest absolute Gasteiger partial charge is 0.418 e. The number of nitrogens with one attached hydrogen (secondary N) is 1. The van der Waals surface area contributed by atoms with Crippen LogP contribution in [0.2, 0.25) is 0 Å². The van der Waals surface area contributed by atoms with Gasteiger partial charge in [-0.1, -0.05) is 0 Å². The highest BCUT2D eigenvalue weighted by atomic mass is 32.2. The third-order valence-corrected chi connectivity index (χ3v) is 4.09. The van der Waals surface area contributed by atoms with Crippen LogP contribution in [-0.2, 0) is 11.0 Å². The number of hydrogen-bond donors (Lipinski definition) is 1. The second kappa shape index (κ2) is 7.68. The van der Waals surface area contributed by atoms with E-state index in [-0.39, 0.29) is 4.90 Å². The number of carbonyl (C=O) groups is 1. The first kappa shape index (κ1) is 19.6. The Kier molecular flexibility index (Phi) is 5.80. The zero-order valence-electron chi connectivity index (χ0n) is 12.6. The van der Waals surface area contributed by atoms with Crippen LogP contribution >= 0.6 is 11.8 Å². The average Bonchev–Trinajstić information content (AvgIpc) is 2.53. The summed E-state index contributed by atoms with van der Waals surface area (Å²) >= 11 is 0.661. The van der Waals surface area contributed by atoms with Gasteiger partial charge in [0.05, 0.1) is 21.9 Å². The highest BCUT2D eigenvalue weighted by Gasteiger charge is 2.35. The first-order chi connectivity index (χ1) is 12.1. The van der Waals surface area contributed by atoms with Crippen molar-refractivity contribution in [3.05, 3.63) is 63.7 Å². The zero-order chi connectivity index (χ0) is 19.5. The minimum absolute atomic E-state index is 0.0544. The summed E-state index contributed by atoms with van der Waals surface area (Å²) in [4.78, 5) is 21.4. The number of anilines is 1. The van der Waals surface area contributed by atoms with E-state index in [9.17, 15) is 36.9 Å². The van der Waals surface area contributed by atoms with E-state index in [1.54, 1.807) is 0 Å². The topological polar surface area (TPSA) is 72.2 Å². The molecule has 0 aliphatic heterocycles. The summed E-state index contributed by atoms with van der Waals surface area (Å²) in [6.07, 6.45) is -4.93. The molecular formula is C15H9F5N2O3S. The lowest BCUT2D eigenvalue weighted by molar-refractivity contribution is -0.385. The fourth-order valence-corrected chi connectivity index (χ4v) is 2.63. The molecule has 0 unspecified atom stereocenters. The van der Waals surface area contributed by atoms with Crippen LogP contribution < -0.4 is 5.32 Å². The lowest BCUT2D eigenvalue weighted by Crippen LogP contribution is -2.18. The molecule has 0 heterocycles. The Balaban J connectivity index is 2.14. The SMILES string of the molecule is O=C(CSc1ccc(F)cc1F)Nc1ccc([N+](=O)[O-])cc1C(F)(F)F. The smallest absolute Gasteiger partial charge is 0.325 e. The fourth-order valence-electron chi connectivity index (χ4n) is 1.91. The van der Waals surface area contributed by atoms with Crippen molar-refractivity contribution in [3.63, 3.8) is 0 Å². The van der Waals surface area contributed by atoms with Crippen molar-refractivity contribution >= 4 is 29.0 Å². The molecule has 2 aromatic rings. The minimum atomic E-state index is -4.93. The van der Waals surface area contributed by atoms with Gasteiger partial charge in [-0.2, -0.15) is 13.2 Å². The van der Waals surface area contributed by atoms with E-state index in [2.05, 4.69) is 0 Å². The van der Waals surface area contributed by atoms with Crippen LogP contribution in [0.5, 0.6) is 0 Å². The van der Waals surface area contributed by atoms with E-state index < -0.39 is 51.3 Å². The second-order valence-corrected chi connectivity index (χ2v) is 5.91. The Morgan fingerprint density at radius 2 is 1.85 bits per heavy atom. The van der Waals surface area contributed by atoms with Crippen molar-refractivity contribution in [3.8, 4) is 0 Å². The molecule has 0 radical (unpaired) electrons. The average molecular weight is 392 g/mol. The number of benzene rings is 2. The van der Waals surface area contributed by atoms with Crippen LogP contribution in [0.1, 0.15) is 5.56 Å². The normalized spacial score (nSPS) is 11.3. The van der Waals surface area contributed by atoms with Gasteiger partial charge in [0.25, 0.3) is 5.69 Å². The van der Waals surface area contributed by atoms with Gasteiger partial charge in [-0.05, 0) is 18.2 Å². The Morgan fingerprint density at radius 1 is 1.15 bits per heavy atom. The molecule has 2 aromatic carbocycles. The van der Waals surface area contributed by atoms with Crippen molar-refractivity contribution in [1.29, 1.82) is 0 Å². The van der Waals surface area contributed by atoms with E-state index in [4.69, 9.17) is 0 Å². The van der Waals surface area contributed by atoms with E-state index >= 15 is 0 Å². The Morgan fingerprint density at radius 3 is 2.42 bits per heavy atom. The molecule has 1 N–H and O–H groups in total. The van der Waals surface area contributed by atoms with Gasteiger partial charge in [-0.15, -0.1) is 11.8 Å². The fraction of sp³-hybridized carbons (Fsp3) is 0.133. The molecule has 138 valence electrons. The number of nitro benzene ring substituents is 1. The van der Waals surface area contributed by atoms with Crippen LogP contribution in [0, 0.1) is 21.7 Å². The number of carbonyl (C=O) groups excluding carboxylic acids is 1. The summed E-state index contributed by atoms with van der Waals surface area (Å²) < 4.78 is 65.3. The molecule has 0 fully saturated rings. The maximum atomic E-state index is 13.5. The van der Waals surface area contributed by atoms with E-state index in [1.165, 1.54) is 0 Å². The van der Waals surface area contributed by atoms with Gasteiger partial charge in [0.1, 0.15) is 11.6 Å². The number of hydrogen-bond acceptors (Lipinski definition) is 4. The third kappa shape index (κ3) is 4.91. The quantitative estimate of drug-likeness (QED) is 0.349. The van der Waals surface area contributed by atoms with Crippen LogP contribution in [0.25, 0.3) is 0 Å². The van der Waals surface area contributed by atoms with Crippen molar-refractivity contribution in [2.75, 3.05) is 11.1 Å². The summed E-state index contributed by atoms with van der Waals surface area (Å²) in [5.74, 6) is -3.05. The summed E-state index contributed by atoms with van der Waals surface area (Å²) in [5.41, 5.74) is -2.82. The molecule has 0 aliphatic carbocycles. The molecule has 0 saturated heterocycles. The van der Waals surface area contributed by atoms with Gasteiger partial charge >= 0.3 is 6.18 Å². The van der Waals surface area contributed by atoms with Crippen LogP contribution in [-0.4, -0.2) is 16.6 Å². The highest BCUT2D eigenvalue weighted by molar-refractivity contribution is 8.00. The number of alkyl halides is 3. The minimum Gasteiger partial charge on any atom is -0.325 e. The van der Waals surface area contributed by atoms with Crippen LogP contribution in [0.3, 0.4) is 0 Å². The summed E-state index contributed by atoms with van der Waals surface area (Å²) in [6, 6.07) is 4.57. The van der Waals surface area contributed by atoms with Gasteiger partial charge in [0.2, 0.25) is 5.91 Å². The van der Waals surface area contributed by atoms with Gasteiger partial charge < -0.3 is 5.32 Å². The molecule has 1 amide bonds. The number of halogens is 5. The van der Waals surface area contributed by atoms with Crippen molar-refractivity contribution in [2.24, 2.45) is 0 Å². The van der Waals surface area contributed by atoms with Gasteiger partial charge in [-0.25, -0.2) is 8.78 Å². The molecule has 0 aliphatic rings. The molecule has 0 atom stereocenters. The maximum Gasteiger partial charge on any atom is 0.418 e. The van der Waals surface area contributed by atoms with E-state index in [0.717, 1.165) is 24.3 Å². The first-order valence-corrected chi connectivity index (χ1v) is 7.80. The third-order valence-electron chi connectivity index (χ3n) is 3.05. The predicted octanol–water partition coefficient (Wildman–Crippen LogP) is 4.62. The lowest BCUT2D eigenvalue weighted by atomic mass is 10.1. The molecule has 0 saturated carbocycles. The summed E-state index contributed by atoms with van der Waals surface area (Å²) in [5, 5.41) is 12.6. The highest BCUT2D eigenvalue weighted by Crippen LogP contribution is 2.37. The molecule has 0 spiro atoms. The summed E-state index contributed by atoms with van der Waals surface area (Å²) in [6.45, 7) is 0. The Labute approximate surface area is 147 Å². The first-order valence-electron chi connectivity index (χ1n) is 6.81. The van der Waals surface area contributed by atoms with E-state index in [0.29, 0.717) is 23.9 Å². The van der Waals surface area contributed by atoms with Crippen molar-refractivity contribution < 1.29 is 31.7 Å². The van der Waals surface area contributed by atoms with Gasteiger partial charge in [-0.3, -0.25) is 14.9 Å². The Hall–Kier alpha value is -2.69. The molecule has 0 bridgehead atoms. The predicted molar refractivity (Wildman–Crippen MR) is 83.8 cm³/mol. The molecule has 5 nitrogen and oxygen atoms in total. The van der Waals surface area contributed by atoms with Crippen LogP contribution in [0.4, 0.5) is 33.3 Å². The monoisotopic (exact) mass is 392 g/mol. The summed E-state index contributed by atoms with van der Waals surface area (Å²) in [7, 11) is 0. The van der Waals surface area contributed by atoms with Gasteiger partial charge in [0, 0.05) is 23.1 Å². The number of non-ortho nitro benzene ring substituents is 1. The number of nitrogens with zero attached hydrogens (tertiary/aromatic N) is 1. The number of thioether (sulfide) groups is 1. The molecular weight excluding hydrogens is 383 g/mol. The Bertz CT molecular complexity index is 858. The second-order valence-electron chi connectivity index (χ2n) is 4.90. The van der Waals surface area contributed by atoms with Crippen molar-refractivity contribution in [2.45, 2.75) is 11.1 Å². The molecule has 26 heavy (non-hydrogen) atoms. The number of amides is 1. The van der Waals surface area contributed by atoms with Crippen LogP contribution in [0.15, 0.2) is 41.3 Å². The standard InChI is InChI=1S/C15H9F5N2O3S/c16-8-1-4-13(11(17)5-8)26-7-14(23)21-12-3-2-9(22(24)25)6-10(12)15(18,19)20/h1-6H,7H2,(H,21,23). The molecule has 0 aromatic heterocycles. The zero-order valence-corrected chi connectivity index (χ0v) is 13.5. The number of nitro groups is 1. The molecule has 2 rings (SSSR count). The number of rotatable bonds is 5. The molecule has 11 heteroatoms. The lowest BCUT2D eigenvalue weighted by Gasteiger charge is -2.13.